The van der Waals surface area contributed by atoms with Crippen molar-refractivity contribution in [2.24, 2.45) is 11.8 Å². The molecule has 11 heteroatoms. The number of benzene rings is 2. The number of hydrogen-bond donors (Lipinski definition) is 1. The average molecular weight is 515 g/mol. The predicted molar refractivity (Wildman–Crippen MR) is 134 cm³/mol. The van der Waals surface area contributed by atoms with Gasteiger partial charge in [0.2, 0.25) is 15.9 Å². The van der Waals surface area contributed by atoms with Crippen LogP contribution in [0.3, 0.4) is 0 Å². The first-order valence-corrected chi connectivity index (χ1v) is 13.2. The van der Waals surface area contributed by atoms with Crippen molar-refractivity contribution in [1.29, 1.82) is 0 Å². The molecule has 36 heavy (non-hydrogen) atoms. The van der Waals surface area contributed by atoms with E-state index in [0.29, 0.717) is 43.4 Å². The van der Waals surface area contributed by atoms with Crippen LogP contribution in [0.4, 0.5) is 6.01 Å². The number of amides is 1. The summed E-state index contributed by atoms with van der Waals surface area (Å²) >= 11 is 0. The SMILES string of the molecule is CC(C)CN(CC(C)C)S(=O)(=O)c1ccc(C(=O)Nc2nnc(-c3ccc4c(c3)OCCO4)o2)cc1. The zero-order valence-corrected chi connectivity index (χ0v) is 21.5. The van der Waals surface area contributed by atoms with Gasteiger partial charge in [-0.15, -0.1) is 5.10 Å². The maximum absolute atomic E-state index is 13.2. The molecule has 2 aromatic carbocycles. The Morgan fingerprint density at radius 2 is 1.58 bits per heavy atom. The van der Waals surface area contributed by atoms with Crippen LogP contribution in [0.2, 0.25) is 0 Å². The van der Waals surface area contributed by atoms with E-state index < -0.39 is 15.9 Å². The Bertz CT molecular complexity index is 1310. The number of nitrogens with one attached hydrogen (secondary N) is 1. The summed E-state index contributed by atoms with van der Waals surface area (Å²) in [4.78, 5) is 12.8. The molecule has 0 bridgehead atoms. The highest BCUT2D eigenvalue weighted by Crippen LogP contribution is 2.34. The van der Waals surface area contributed by atoms with E-state index in [1.807, 2.05) is 27.7 Å². The standard InChI is InChI=1S/C25H30N4O6S/c1-16(2)14-29(15-17(3)4)36(31,32)20-8-5-18(6-9-20)23(30)26-25-28-27-24(35-25)19-7-10-21-22(13-19)34-12-11-33-21/h5-10,13,16-17H,11-12,14-15H2,1-4H3,(H,26,28,30). The Morgan fingerprint density at radius 1 is 0.944 bits per heavy atom. The summed E-state index contributed by atoms with van der Waals surface area (Å²) < 4.78 is 44.5. The molecule has 1 aliphatic rings. The van der Waals surface area contributed by atoms with Crippen molar-refractivity contribution in [3.63, 3.8) is 0 Å². The van der Waals surface area contributed by atoms with Gasteiger partial charge in [0.15, 0.2) is 11.5 Å². The van der Waals surface area contributed by atoms with Crippen molar-refractivity contribution >= 4 is 21.9 Å². The van der Waals surface area contributed by atoms with Crippen molar-refractivity contribution in [2.45, 2.75) is 32.6 Å². The van der Waals surface area contributed by atoms with Gasteiger partial charge < -0.3 is 13.9 Å². The van der Waals surface area contributed by atoms with Crippen molar-refractivity contribution < 1.29 is 27.1 Å². The quantitative estimate of drug-likeness (QED) is 0.453. The van der Waals surface area contributed by atoms with Crippen LogP contribution < -0.4 is 14.8 Å². The van der Waals surface area contributed by atoms with E-state index in [9.17, 15) is 13.2 Å². The van der Waals surface area contributed by atoms with Crippen LogP contribution in [0.25, 0.3) is 11.5 Å². The second kappa shape index (κ2) is 10.7. The first kappa shape index (κ1) is 25.6. The normalized spacial score (nSPS) is 13.4. The Balaban J connectivity index is 1.45. The lowest BCUT2D eigenvalue weighted by Crippen LogP contribution is -2.37. The number of nitrogens with zero attached hydrogens (tertiary/aromatic N) is 3. The number of carbonyl (C=O) groups excluding carboxylic acids is 1. The second-order valence-corrected chi connectivity index (χ2v) is 11.3. The maximum atomic E-state index is 13.2. The summed E-state index contributed by atoms with van der Waals surface area (Å²) in [6, 6.07) is 11.0. The third-order valence-corrected chi connectivity index (χ3v) is 7.17. The van der Waals surface area contributed by atoms with Gasteiger partial charge in [0.1, 0.15) is 13.2 Å². The first-order chi connectivity index (χ1) is 17.1. The van der Waals surface area contributed by atoms with Crippen LogP contribution >= 0.6 is 0 Å². The summed E-state index contributed by atoms with van der Waals surface area (Å²) in [6.07, 6.45) is 0. The molecule has 0 aliphatic carbocycles. The minimum absolute atomic E-state index is 0.0818. The molecule has 1 amide bonds. The molecule has 1 aliphatic heterocycles. The van der Waals surface area contributed by atoms with E-state index in [1.165, 1.54) is 28.6 Å². The van der Waals surface area contributed by atoms with Gasteiger partial charge in [-0.3, -0.25) is 10.1 Å². The van der Waals surface area contributed by atoms with E-state index in [1.54, 1.807) is 18.2 Å². The van der Waals surface area contributed by atoms with Crippen LogP contribution in [0.1, 0.15) is 38.1 Å². The molecule has 1 N–H and O–H groups in total. The number of fused-ring (bicyclic) bond motifs is 1. The smallest absolute Gasteiger partial charge is 0.322 e. The molecule has 1 aromatic heterocycles. The molecule has 0 saturated carbocycles. The summed E-state index contributed by atoms with van der Waals surface area (Å²) in [6.45, 7) is 9.70. The number of carbonyl (C=O) groups is 1. The molecule has 0 atom stereocenters. The Kier molecular flexibility index (Phi) is 7.60. The fraction of sp³-hybridized carbons (Fsp3) is 0.400. The van der Waals surface area contributed by atoms with Crippen LogP contribution in [0.5, 0.6) is 11.5 Å². The van der Waals surface area contributed by atoms with Gasteiger partial charge in [-0.1, -0.05) is 32.8 Å². The topological polar surface area (TPSA) is 124 Å². The lowest BCUT2D eigenvalue weighted by atomic mass is 10.2. The molecule has 4 rings (SSSR count). The lowest BCUT2D eigenvalue weighted by Gasteiger charge is -2.25. The average Bonchev–Trinajstić information content (AvgIpc) is 3.31. The maximum Gasteiger partial charge on any atom is 0.322 e. The molecular weight excluding hydrogens is 484 g/mol. The van der Waals surface area contributed by atoms with Crippen LogP contribution in [-0.4, -0.2) is 55.1 Å². The number of aromatic nitrogens is 2. The van der Waals surface area contributed by atoms with E-state index in [4.69, 9.17) is 13.9 Å². The van der Waals surface area contributed by atoms with Crippen LogP contribution in [-0.2, 0) is 10.0 Å². The molecule has 192 valence electrons. The summed E-state index contributed by atoms with van der Waals surface area (Å²) in [5, 5.41) is 10.4. The van der Waals surface area contributed by atoms with E-state index in [2.05, 4.69) is 15.5 Å². The van der Waals surface area contributed by atoms with Gasteiger partial charge in [-0.05, 0) is 54.3 Å². The van der Waals surface area contributed by atoms with Gasteiger partial charge in [-0.2, -0.15) is 4.31 Å². The lowest BCUT2D eigenvalue weighted by molar-refractivity contribution is 0.102. The van der Waals surface area contributed by atoms with E-state index in [-0.39, 0.29) is 34.2 Å². The zero-order chi connectivity index (χ0) is 25.9. The molecule has 3 aromatic rings. The van der Waals surface area contributed by atoms with Crippen molar-refractivity contribution in [3.8, 4) is 23.0 Å². The van der Waals surface area contributed by atoms with Crippen LogP contribution in [0, 0.1) is 11.8 Å². The second-order valence-electron chi connectivity index (χ2n) is 9.36. The number of hydrogen-bond acceptors (Lipinski definition) is 8. The molecule has 0 spiro atoms. The highest BCUT2D eigenvalue weighted by Gasteiger charge is 2.26. The monoisotopic (exact) mass is 514 g/mol. The molecule has 0 radical (unpaired) electrons. The van der Waals surface area contributed by atoms with E-state index in [0.717, 1.165) is 0 Å². The van der Waals surface area contributed by atoms with Crippen molar-refractivity contribution in [1.82, 2.24) is 14.5 Å². The van der Waals surface area contributed by atoms with E-state index >= 15 is 0 Å². The summed E-state index contributed by atoms with van der Waals surface area (Å²) in [7, 11) is -3.68. The third-order valence-electron chi connectivity index (χ3n) is 5.33. The Morgan fingerprint density at radius 3 is 2.22 bits per heavy atom. The Hall–Kier alpha value is -3.44. The molecule has 0 saturated heterocycles. The zero-order valence-electron chi connectivity index (χ0n) is 20.7. The largest absolute Gasteiger partial charge is 0.486 e. The van der Waals surface area contributed by atoms with Crippen molar-refractivity contribution in [2.75, 3.05) is 31.6 Å². The molecule has 10 nitrogen and oxygen atoms in total. The van der Waals surface area contributed by atoms with Crippen molar-refractivity contribution in [3.05, 3.63) is 48.0 Å². The Labute approximate surface area is 210 Å². The highest BCUT2D eigenvalue weighted by atomic mass is 32.2. The first-order valence-electron chi connectivity index (χ1n) is 11.8. The van der Waals surface area contributed by atoms with Crippen LogP contribution in [0.15, 0.2) is 51.8 Å². The van der Waals surface area contributed by atoms with Gasteiger partial charge >= 0.3 is 6.01 Å². The minimum atomic E-state index is -3.68. The number of ether oxygens (including phenoxy) is 2. The van der Waals surface area contributed by atoms with Gasteiger partial charge in [0.25, 0.3) is 5.91 Å². The fourth-order valence-corrected chi connectivity index (χ4v) is 5.52. The van der Waals surface area contributed by atoms with Gasteiger partial charge in [0.05, 0.1) is 4.90 Å². The predicted octanol–water partition coefficient (Wildman–Crippen LogP) is 4.06. The molecular formula is C25H30N4O6S. The molecule has 0 unspecified atom stereocenters. The number of sulfonamides is 1. The van der Waals surface area contributed by atoms with Gasteiger partial charge in [0, 0.05) is 24.2 Å². The van der Waals surface area contributed by atoms with Gasteiger partial charge in [-0.25, -0.2) is 8.42 Å². The molecule has 0 fully saturated rings. The summed E-state index contributed by atoms with van der Waals surface area (Å²) in [5.41, 5.74) is 0.876. The minimum Gasteiger partial charge on any atom is -0.486 e. The fourth-order valence-electron chi connectivity index (χ4n) is 3.75. The molecule has 2 heterocycles. The summed E-state index contributed by atoms with van der Waals surface area (Å²) in [5.74, 6) is 1.30. The highest BCUT2D eigenvalue weighted by molar-refractivity contribution is 7.89. The number of rotatable bonds is 9. The number of anilines is 1. The third kappa shape index (κ3) is 5.85.